The standard InChI is InChI=1S/C16H24N4O/c1-17-15-10-12(7-8-18-15)11-19-16(21)20-9-3-6-14(20)13-4-2-5-13/h7-8,10,13-14H,2-6,9,11H2,1H3,(H,17,18)(H,19,21). The van der Waals surface area contributed by atoms with Crippen LogP contribution in [0.15, 0.2) is 18.3 Å². The zero-order chi connectivity index (χ0) is 14.7. The number of anilines is 1. The van der Waals surface area contributed by atoms with Gasteiger partial charge in [-0.1, -0.05) is 6.42 Å². The van der Waals surface area contributed by atoms with Crippen LogP contribution >= 0.6 is 0 Å². The molecule has 2 N–H and O–H groups in total. The van der Waals surface area contributed by atoms with Gasteiger partial charge in [0.2, 0.25) is 0 Å². The normalized spacial score (nSPS) is 22.0. The van der Waals surface area contributed by atoms with E-state index in [2.05, 4.69) is 20.5 Å². The highest BCUT2D eigenvalue weighted by atomic mass is 16.2. The molecule has 1 aliphatic heterocycles. The first-order valence-electron chi connectivity index (χ1n) is 7.95. The second-order valence-corrected chi connectivity index (χ2v) is 6.05. The number of rotatable bonds is 4. The fourth-order valence-corrected chi connectivity index (χ4v) is 3.36. The van der Waals surface area contributed by atoms with E-state index >= 15 is 0 Å². The van der Waals surface area contributed by atoms with E-state index in [0.717, 1.165) is 30.3 Å². The smallest absolute Gasteiger partial charge is 0.317 e. The Balaban J connectivity index is 1.55. The fourth-order valence-electron chi connectivity index (χ4n) is 3.36. The summed E-state index contributed by atoms with van der Waals surface area (Å²) < 4.78 is 0. The summed E-state index contributed by atoms with van der Waals surface area (Å²) in [5, 5.41) is 6.07. The molecule has 1 aliphatic carbocycles. The molecule has 21 heavy (non-hydrogen) atoms. The number of pyridine rings is 1. The zero-order valence-corrected chi connectivity index (χ0v) is 12.6. The van der Waals surface area contributed by atoms with Gasteiger partial charge in [-0.25, -0.2) is 9.78 Å². The molecule has 114 valence electrons. The van der Waals surface area contributed by atoms with Crippen LogP contribution < -0.4 is 10.6 Å². The van der Waals surface area contributed by atoms with Crippen LogP contribution in [0.25, 0.3) is 0 Å². The quantitative estimate of drug-likeness (QED) is 0.895. The van der Waals surface area contributed by atoms with Gasteiger partial charge in [0.1, 0.15) is 5.82 Å². The molecule has 0 spiro atoms. The van der Waals surface area contributed by atoms with Crippen molar-refractivity contribution in [2.75, 3.05) is 18.9 Å². The van der Waals surface area contributed by atoms with E-state index in [4.69, 9.17) is 0 Å². The minimum Gasteiger partial charge on any atom is -0.373 e. The second-order valence-electron chi connectivity index (χ2n) is 6.05. The highest BCUT2D eigenvalue weighted by Crippen LogP contribution is 2.37. The number of hydrogen-bond donors (Lipinski definition) is 2. The van der Waals surface area contributed by atoms with Gasteiger partial charge in [0.15, 0.2) is 0 Å². The lowest BCUT2D eigenvalue weighted by Crippen LogP contribution is -2.46. The number of carbonyl (C=O) groups is 1. The number of nitrogens with zero attached hydrogens (tertiary/aromatic N) is 2. The van der Waals surface area contributed by atoms with Crippen molar-refractivity contribution < 1.29 is 4.79 Å². The summed E-state index contributed by atoms with van der Waals surface area (Å²) in [4.78, 5) is 18.7. The highest BCUT2D eigenvalue weighted by molar-refractivity contribution is 5.75. The molecule has 1 unspecified atom stereocenters. The molecule has 1 saturated carbocycles. The predicted molar refractivity (Wildman–Crippen MR) is 83.1 cm³/mol. The van der Waals surface area contributed by atoms with E-state index in [0.29, 0.717) is 12.6 Å². The molecule has 5 nitrogen and oxygen atoms in total. The van der Waals surface area contributed by atoms with Gasteiger partial charge in [0.25, 0.3) is 0 Å². The van der Waals surface area contributed by atoms with E-state index in [1.165, 1.54) is 25.7 Å². The third kappa shape index (κ3) is 3.12. The number of amides is 2. The third-order valence-corrected chi connectivity index (χ3v) is 4.78. The first-order chi connectivity index (χ1) is 10.3. The number of urea groups is 1. The molecule has 2 aliphatic rings. The van der Waals surface area contributed by atoms with Gasteiger partial charge >= 0.3 is 6.03 Å². The number of nitrogens with one attached hydrogen (secondary N) is 2. The van der Waals surface area contributed by atoms with E-state index in [1.54, 1.807) is 6.20 Å². The SMILES string of the molecule is CNc1cc(CNC(=O)N2CCCC2C2CCC2)ccn1. The lowest BCUT2D eigenvalue weighted by Gasteiger charge is -2.37. The lowest BCUT2D eigenvalue weighted by atomic mass is 9.79. The average molecular weight is 288 g/mol. The van der Waals surface area contributed by atoms with Gasteiger partial charge in [-0.3, -0.25) is 0 Å². The van der Waals surface area contributed by atoms with Crippen LogP contribution in [-0.2, 0) is 6.54 Å². The first-order valence-corrected chi connectivity index (χ1v) is 7.95. The van der Waals surface area contributed by atoms with Crippen LogP contribution in [-0.4, -0.2) is 35.5 Å². The molecule has 0 aromatic carbocycles. The third-order valence-electron chi connectivity index (χ3n) is 4.78. The van der Waals surface area contributed by atoms with Crippen LogP contribution in [0.1, 0.15) is 37.7 Å². The van der Waals surface area contributed by atoms with Crippen LogP contribution in [0.5, 0.6) is 0 Å². The summed E-state index contributed by atoms with van der Waals surface area (Å²) in [6.07, 6.45) is 8.01. The maximum Gasteiger partial charge on any atom is 0.317 e. The Morgan fingerprint density at radius 1 is 1.38 bits per heavy atom. The molecule has 2 heterocycles. The Kier molecular flexibility index (Phi) is 4.27. The Bertz CT molecular complexity index is 501. The van der Waals surface area contributed by atoms with Crippen molar-refractivity contribution in [2.45, 2.75) is 44.7 Å². The lowest BCUT2D eigenvalue weighted by molar-refractivity contribution is 0.139. The average Bonchev–Trinajstić information content (AvgIpc) is 2.92. The molecule has 1 aromatic heterocycles. The molecular weight excluding hydrogens is 264 g/mol. The van der Waals surface area contributed by atoms with Crippen LogP contribution in [0.4, 0.5) is 10.6 Å². The molecule has 2 fully saturated rings. The molecular formula is C16H24N4O. The summed E-state index contributed by atoms with van der Waals surface area (Å²) in [7, 11) is 1.85. The summed E-state index contributed by atoms with van der Waals surface area (Å²) >= 11 is 0. The minimum atomic E-state index is 0.0900. The maximum absolute atomic E-state index is 12.4. The van der Waals surface area contributed by atoms with Crippen molar-refractivity contribution in [1.29, 1.82) is 0 Å². The number of hydrogen-bond acceptors (Lipinski definition) is 3. The fraction of sp³-hybridized carbons (Fsp3) is 0.625. The van der Waals surface area contributed by atoms with Gasteiger partial charge in [-0.05, 0) is 49.3 Å². The zero-order valence-electron chi connectivity index (χ0n) is 12.6. The monoisotopic (exact) mass is 288 g/mol. The molecule has 0 radical (unpaired) electrons. The summed E-state index contributed by atoms with van der Waals surface area (Å²) in [6.45, 7) is 1.47. The Morgan fingerprint density at radius 3 is 2.95 bits per heavy atom. The topological polar surface area (TPSA) is 57.3 Å². The molecule has 1 atom stereocenters. The van der Waals surface area contributed by atoms with E-state index in [1.807, 2.05) is 19.2 Å². The highest BCUT2D eigenvalue weighted by Gasteiger charge is 2.37. The van der Waals surface area contributed by atoms with Gasteiger partial charge in [0.05, 0.1) is 0 Å². The number of aromatic nitrogens is 1. The van der Waals surface area contributed by atoms with Crippen molar-refractivity contribution in [3.63, 3.8) is 0 Å². The second kappa shape index (κ2) is 6.33. The predicted octanol–water partition coefficient (Wildman–Crippen LogP) is 2.60. The van der Waals surface area contributed by atoms with Crippen molar-refractivity contribution in [3.05, 3.63) is 23.9 Å². The Labute approximate surface area is 126 Å². The van der Waals surface area contributed by atoms with Gasteiger partial charge in [0, 0.05) is 32.4 Å². The van der Waals surface area contributed by atoms with E-state index < -0.39 is 0 Å². The molecule has 3 rings (SSSR count). The molecule has 1 aromatic rings. The first kappa shape index (κ1) is 14.2. The number of likely N-dealkylation sites (tertiary alicyclic amines) is 1. The Hall–Kier alpha value is -1.78. The van der Waals surface area contributed by atoms with Crippen LogP contribution in [0.2, 0.25) is 0 Å². The maximum atomic E-state index is 12.4. The Morgan fingerprint density at radius 2 is 2.24 bits per heavy atom. The van der Waals surface area contributed by atoms with Crippen molar-refractivity contribution in [3.8, 4) is 0 Å². The van der Waals surface area contributed by atoms with Crippen LogP contribution in [0, 0.1) is 5.92 Å². The molecule has 0 bridgehead atoms. The largest absolute Gasteiger partial charge is 0.373 e. The summed E-state index contributed by atoms with van der Waals surface area (Å²) in [6, 6.07) is 4.47. The van der Waals surface area contributed by atoms with Gasteiger partial charge in [-0.2, -0.15) is 0 Å². The van der Waals surface area contributed by atoms with Crippen molar-refractivity contribution in [2.24, 2.45) is 5.92 Å². The van der Waals surface area contributed by atoms with Crippen LogP contribution in [0.3, 0.4) is 0 Å². The summed E-state index contributed by atoms with van der Waals surface area (Å²) in [5.41, 5.74) is 1.07. The van der Waals surface area contributed by atoms with Gasteiger partial charge in [-0.15, -0.1) is 0 Å². The molecule has 1 saturated heterocycles. The van der Waals surface area contributed by atoms with E-state index in [9.17, 15) is 4.79 Å². The number of carbonyl (C=O) groups excluding carboxylic acids is 1. The van der Waals surface area contributed by atoms with Crippen molar-refractivity contribution in [1.82, 2.24) is 15.2 Å². The summed E-state index contributed by atoms with van der Waals surface area (Å²) in [5.74, 6) is 1.57. The minimum absolute atomic E-state index is 0.0900. The molecule has 2 amide bonds. The van der Waals surface area contributed by atoms with Gasteiger partial charge < -0.3 is 15.5 Å². The molecule has 5 heteroatoms. The van der Waals surface area contributed by atoms with E-state index in [-0.39, 0.29) is 6.03 Å². The van der Waals surface area contributed by atoms with Crippen molar-refractivity contribution >= 4 is 11.8 Å².